The Morgan fingerprint density at radius 3 is 2.24 bits per heavy atom. The fourth-order valence-electron chi connectivity index (χ4n) is 2.06. The maximum Gasteiger partial charge on any atom is 0.236 e. The summed E-state index contributed by atoms with van der Waals surface area (Å²) in [7, 11) is 1.78. The van der Waals surface area contributed by atoms with Crippen LogP contribution in [0.3, 0.4) is 0 Å². The molecule has 1 rings (SSSR count). The van der Waals surface area contributed by atoms with Gasteiger partial charge in [0, 0.05) is 19.6 Å². The molecule has 0 aliphatic rings. The molecule has 0 unspecified atom stereocenters. The first-order valence-electron chi connectivity index (χ1n) is 7.33. The van der Waals surface area contributed by atoms with Crippen LogP contribution in [-0.4, -0.2) is 54.8 Å². The molecule has 0 bridgehead atoms. The van der Waals surface area contributed by atoms with Crippen molar-refractivity contribution in [2.24, 2.45) is 0 Å². The molecule has 0 radical (unpaired) electrons. The zero-order chi connectivity index (χ0) is 15.7. The average molecular weight is 291 g/mol. The van der Waals surface area contributed by atoms with Gasteiger partial charge in [-0.2, -0.15) is 0 Å². The number of hydrogen-bond acceptors (Lipinski definition) is 3. The lowest BCUT2D eigenvalue weighted by atomic mass is 10.2. The van der Waals surface area contributed by atoms with Gasteiger partial charge in [-0.25, -0.2) is 0 Å². The van der Waals surface area contributed by atoms with Gasteiger partial charge < -0.3 is 10.2 Å². The third-order valence-corrected chi connectivity index (χ3v) is 3.27. The Morgan fingerprint density at radius 1 is 1.05 bits per heavy atom. The molecule has 116 valence electrons. The van der Waals surface area contributed by atoms with Crippen LogP contribution in [0.2, 0.25) is 0 Å². The first kappa shape index (κ1) is 17.2. The molecule has 2 amide bonds. The first-order chi connectivity index (χ1) is 10.1. The highest BCUT2D eigenvalue weighted by atomic mass is 16.2. The van der Waals surface area contributed by atoms with E-state index in [0.29, 0.717) is 19.6 Å². The van der Waals surface area contributed by atoms with E-state index in [4.69, 9.17) is 0 Å². The number of carbonyl (C=O) groups excluding carboxylic acids is 2. The Labute approximate surface area is 126 Å². The number of hydrogen-bond donors (Lipinski definition) is 1. The highest BCUT2D eigenvalue weighted by molar-refractivity contribution is 5.81. The monoisotopic (exact) mass is 291 g/mol. The second-order valence-electron chi connectivity index (χ2n) is 5.00. The van der Waals surface area contributed by atoms with Gasteiger partial charge in [-0.3, -0.25) is 14.5 Å². The topological polar surface area (TPSA) is 52.7 Å². The minimum absolute atomic E-state index is 0.0540. The van der Waals surface area contributed by atoms with Crippen molar-refractivity contribution in [2.75, 3.05) is 33.2 Å². The molecule has 0 aliphatic carbocycles. The fraction of sp³-hybridized carbons (Fsp3) is 0.500. The molecule has 0 aliphatic heterocycles. The van der Waals surface area contributed by atoms with Gasteiger partial charge in [-0.05, 0) is 26.5 Å². The Kier molecular flexibility index (Phi) is 7.46. The fourth-order valence-corrected chi connectivity index (χ4v) is 2.06. The third kappa shape index (κ3) is 6.40. The predicted molar refractivity (Wildman–Crippen MR) is 83.7 cm³/mol. The maximum absolute atomic E-state index is 11.9. The van der Waals surface area contributed by atoms with Crippen LogP contribution in [-0.2, 0) is 16.1 Å². The van der Waals surface area contributed by atoms with Gasteiger partial charge in [0.2, 0.25) is 11.8 Å². The summed E-state index contributed by atoms with van der Waals surface area (Å²) in [6.07, 6.45) is 0. The summed E-state index contributed by atoms with van der Waals surface area (Å²) in [4.78, 5) is 27.3. The molecule has 1 N–H and O–H groups in total. The molecule has 1 aromatic rings. The summed E-state index contributed by atoms with van der Waals surface area (Å²) in [5.41, 5.74) is 1.06. The standard InChI is InChI=1S/C16H25N3O2/c1-4-19(5-2)16(21)13-18(3)12-15(20)17-11-14-9-7-6-8-10-14/h6-10H,4-5,11-13H2,1-3H3,(H,17,20). The molecule has 0 saturated carbocycles. The highest BCUT2D eigenvalue weighted by Crippen LogP contribution is 1.97. The second-order valence-corrected chi connectivity index (χ2v) is 5.00. The molecule has 0 atom stereocenters. The SMILES string of the molecule is CCN(CC)C(=O)CN(C)CC(=O)NCc1ccccc1. The zero-order valence-corrected chi connectivity index (χ0v) is 13.1. The van der Waals surface area contributed by atoms with E-state index >= 15 is 0 Å². The molecular weight excluding hydrogens is 266 g/mol. The van der Waals surface area contributed by atoms with Crippen molar-refractivity contribution in [2.45, 2.75) is 20.4 Å². The van der Waals surface area contributed by atoms with Crippen molar-refractivity contribution in [3.05, 3.63) is 35.9 Å². The Bertz CT molecular complexity index is 444. The van der Waals surface area contributed by atoms with Crippen LogP contribution in [0.25, 0.3) is 0 Å². The number of carbonyl (C=O) groups is 2. The summed E-state index contributed by atoms with van der Waals surface area (Å²) < 4.78 is 0. The third-order valence-electron chi connectivity index (χ3n) is 3.27. The molecule has 0 saturated heterocycles. The lowest BCUT2D eigenvalue weighted by molar-refractivity contribution is -0.132. The van der Waals surface area contributed by atoms with E-state index in [0.717, 1.165) is 5.56 Å². The van der Waals surface area contributed by atoms with E-state index in [1.807, 2.05) is 44.2 Å². The van der Waals surface area contributed by atoms with Crippen LogP contribution in [0.5, 0.6) is 0 Å². The average Bonchev–Trinajstić information content (AvgIpc) is 2.47. The van der Waals surface area contributed by atoms with E-state index in [1.54, 1.807) is 16.8 Å². The maximum atomic E-state index is 11.9. The van der Waals surface area contributed by atoms with Crippen LogP contribution in [0.1, 0.15) is 19.4 Å². The number of nitrogens with zero attached hydrogens (tertiary/aromatic N) is 2. The number of nitrogens with one attached hydrogen (secondary N) is 1. The van der Waals surface area contributed by atoms with Gasteiger partial charge in [0.15, 0.2) is 0 Å². The van der Waals surface area contributed by atoms with Crippen LogP contribution < -0.4 is 5.32 Å². The molecule has 0 fully saturated rings. The molecule has 21 heavy (non-hydrogen) atoms. The van der Waals surface area contributed by atoms with Gasteiger partial charge in [0.1, 0.15) is 0 Å². The largest absolute Gasteiger partial charge is 0.351 e. The summed E-state index contributed by atoms with van der Waals surface area (Å²) in [5, 5.41) is 2.85. The van der Waals surface area contributed by atoms with E-state index in [-0.39, 0.29) is 24.9 Å². The van der Waals surface area contributed by atoms with Crippen molar-refractivity contribution in [1.82, 2.24) is 15.1 Å². The smallest absolute Gasteiger partial charge is 0.236 e. The normalized spacial score (nSPS) is 10.5. The van der Waals surface area contributed by atoms with Gasteiger partial charge in [0.05, 0.1) is 13.1 Å². The first-order valence-corrected chi connectivity index (χ1v) is 7.33. The molecule has 5 nitrogen and oxygen atoms in total. The van der Waals surface area contributed by atoms with E-state index in [2.05, 4.69) is 5.32 Å². The van der Waals surface area contributed by atoms with Crippen molar-refractivity contribution in [3.63, 3.8) is 0 Å². The predicted octanol–water partition coefficient (Wildman–Crippen LogP) is 1.10. The molecule has 5 heteroatoms. The molecule has 0 spiro atoms. The van der Waals surface area contributed by atoms with Crippen LogP contribution in [0, 0.1) is 0 Å². The van der Waals surface area contributed by atoms with Crippen molar-refractivity contribution in [1.29, 1.82) is 0 Å². The van der Waals surface area contributed by atoms with Crippen molar-refractivity contribution < 1.29 is 9.59 Å². The number of rotatable bonds is 8. The lowest BCUT2D eigenvalue weighted by Gasteiger charge is -2.22. The summed E-state index contributed by atoms with van der Waals surface area (Å²) >= 11 is 0. The summed E-state index contributed by atoms with van der Waals surface area (Å²) in [6.45, 7) is 6.30. The van der Waals surface area contributed by atoms with E-state index in [1.165, 1.54) is 0 Å². The Balaban J connectivity index is 2.32. The van der Waals surface area contributed by atoms with Gasteiger partial charge >= 0.3 is 0 Å². The van der Waals surface area contributed by atoms with Crippen LogP contribution >= 0.6 is 0 Å². The van der Waals surface area contributed by atoms with Crippen molar-refractivity contribution >= 4 is 11.8 Å². The van der Waals surface area contributed by atoms with Crippen molar-refractivity contribution in [3.8, 4) is 0 Å². The highest BCUT2D eigenvalue weighted by Gasteiger charge is 2.14. The molecular formula is C16H25N3O2. The quantitative estimate of drug-likeness (QED) is 0.780. The second kappa shape index (κ2) is 9.13. The molecule has 0 heterocycles. The molecule has 0 aromatic heterocycles. The lowest BCUT2D eigenvalue weighted by Crippen LogP contribution is -2.42. The minimum atomic E-state index is -0.0753. The number of benzene rings is 1. The van der Waals surface area contributed by atoms with Gasteiger partial charge in [0.25, 0.3) is 0 Å². The van der Waals surface area contributed by atoms with E-state index < -0.39 is 0 Å². The van der Waals surface area contributed by atoms with Crippen LogP contribution in [0.4, 0.5) is 0 Å². The Morgan fingerprint density at radius 2 is 1.67 bits per heavy atom. The summed E-state index contributed by atoms with van der Waals surface area (Å²) in [5.74, 6) is -0.0212. The Hall–Kier alpha value is -1.88. The van der Waals surface area contributed by atoms with Gasteiger partial charge in [-0.15, -0.1) is 0 Å². The van der Waals surface area contributed by atoms with Gasteiger partial charge in [-0.1, -0.05) is 30.3 Å². The van der Waals surface area contributed by atoms with Crippen LogP contribution in [0.15, 0.2) is 30.3 Å². The minimum Gasteiger partial charge on any atom is -0.351 e. The number of amides is 2. The number of likely N-dealkylation sites (N-methyl/N-ethyl adjacent to an activating group) is 2. The van der Waals surface area contributed by atoms with E-state index in [9.17, 15) is 9.59 Å². The zero-order valence-electron chi connectivity index (χ0n) is 13.1. The summed E-state index contributed by atoms with van der Waals surface area (Å²) in [6, 6.07) is 9.76. The molecule has 1 aromatic carbocycles.